The van der Waals surface area contributed by atoms with E-state index in [2.05, 4.69) is 0 Å². The Kier molecular flexibility index (Phi) is 3.21. The van der Waals surface area contributed by atoms with Crippen molar-refractivity contribution in [1.29, 1.82) is 0 Å². The summed E-state index contributed by atoms with van der Waals surface area (Å²) in [5.74, 6) is 1.08. The van der Waals surface area contributed by atoms with Crippen molar-refractivity contribution in [2.45, 2.75) is 32.3 Å². The van der Waals surface area contributed by atoms with Gasteiger partial charge in [-0.25, -0.2) is 0 Å². The van der Waals surface area contributed by atoms with Gasteiger partial charge in [0.05, 0.1) is 12.4 Å². The van der Waals surface area contributed by atoms with Gasteiger partial charge in [0.25, 0.3) is 0 Å². The smallest absolute Gasteiger partial charge is 0.198 e. The molecule has 0 unspecified atom stereocenters. The molecule has 1 aromatic rings. The number of furan rings is 1. The van der Waals surface area contributed by atoms with Crippen molar-refractivity contribution in [1.82, 2.24) is 0 Å². The van der Waals surface area contributed by atoms with Crippen molar-refractivity contribution in [3.8, 4) is 0 Å². The Hall–Kier alpha value is -1.09. The number of carbonyl (C=O) groups excluding carboxylic acids is 1. The van der Waals surface area contributed by atoms with E-state index in [0.717, 1.165) is 19.4 Å². The molecular weight excluding hydrogens is 192 g/mol. The first-order valence-corrected chi connectivity index (χ1v) is 5.48. The summed E-state index contributed by atoms with van der Waals surface area (Å²) < 4.78 is 10.5. The Morgan fingerprint density at radius 3 is 3.00 bits per heavy atom. The third kappa shape index (κ3) is 2.48. The summed E-state index contributed by atoms with van der Waals surface area (Å²) in [7, 11) is 0. The van der Waals surface area contributed by atoms with Gasteiger partial charge in [0.1, 0.15) is 0 Å². The van der Waals surface area contributed by atoms with E-state index in [1.54, 1.807) is 12.1 Å². The number of rotatable bonds is 5. The maximum Gasteiger partial charge on any atom is 0.198 e. The molecule has 1 saturated carbocycles. The predicted molar refractivity (Wildman–Crippen MR) is 55.8 cm³/mol. The van der Waals surface area contributed by atoms with Gasteiger partial charge >= 0.3 is 0 Å². The average Bonchev–Trinajstić information content (AvgIpc) is 2.67. The minimum absolute atomic E-state index is 0.111. The molecule has 0 aliphatic heterocycles. The van der Waals surface area contributed by atoms with E-state index in [0.29, 0.717) is 24.2 Å². The number of ether oxygens (including phenoxy) is 1. The Labute approximate surface area is 89.4 Å². The van der Waals surface area contributed by atoms with E-state index >= 15 is 0 Å². The summed E-state index contributed by atoms with van der Waals surface area (Å²) in [6.45, 7) is 2.77. The van der Waals surface area contributed by atoms with Gasteiger partial charge in [-0.3, -0.25) is 4.79 Å². The van der Waals surface area contributed by atoms with Crippen molar-refractivity contribution in [2.24, 2.45) is 5.92 Å². The molecule has 1 heterocycles. The first-order chi connectivity index (χ1) is 7.29. The molecule has 0 N–H and O–H groups in total. The normalized spacial score (nSPS) is 24.9. The summed E-state index contributed by atoms with van der Waals surface area (Å²) in [4.78, 5) is 11.6. The lowest BCUT2D eigenvalue weighted by Gasteiger charge is -2.34. The summed E-state index contributed by atoms with van der Waals surface area (Å²) >= 11 is 0. The number of Topliss-reactive ketones (excluding diaryl/α,β-unsaturated/α-hetero) is 1. The highest BCUT2D eigenvalue weighted by molar-refractivity contribution is 5.93. The van der Waals surface area contributed by atoms with Crippen molar-refractivity contribution in [3.05, 3.63) is 24.2 Å². The Morgan fingerprint density at radius 2 is 2.40 bits per heavy atom. The molecule has 1 aliphatic rings. The van der Waals surface area contributed by atoms with Crippen LogP contribution in [0.5, 0.6) is 0 Å². The van der Waals surface area contributed by atoms with Crippen LogP contribution in [0.4, 0.5) is 0 Å². The van der Waals surface area contributed by atoms with E-state index in [9.17, 15) is 4.79 Å². The van der Waals surface area contributed by atoms with Crippen molar-refractivity contribution >= 4 is 5.78 Å². The van der Waals surface area contributed by atoms with E-state index in [1.165, 1.54) is 6.26 Å². The highest BCUT2D eigenvalue weighted by Gasteiger charge is 2.31. The molecule has 0 saturated heterocycles. The number of hydrogen-bond donors (Lipinski definition) is 0. The third-order valence-corrected chi connectivity index (χ3v) is 2.86. The highest BCUT2D eigenvalue weighted by atomic mass is 16.5. The monoisotopic (exact) mass is 208 g/mol. The molecule has 1 aliphatic carbocycles. The Morgan fingerprint density at radius 1 is 1.60 bits per heavy atom. The maximum absolute atomic E-state index is 11.6. The lowest BCUT2D eigenvalue weighted by molar-refractivity contribution is -0.0247. The molecular formula is C12H16O3. The molecule has 0 atom stereocenters. The summed E-state index contributed by atoms with van der Waals surface area (Å²) in [5, 5.41) is 0. The summed E-state index contributed by atoms with van der Waals surface area (Å²) in [5.41, 5.74) is 0. The van der Waals surface area contributed by atoms with Crippen LogP contribution < -0.4 is 0 Å². The van der Waals surface area contributed by atoms with Gasteiger partial charge in [0, 0.05) is 13.0 Å². The fourth-order valence-corrected chi connectivity index (χ4v) is 2.01. The van der Waals surface area contributed by atoms with Gasteiger partial charge in [-0.1, -0.05) is 0 Å². The number of ketones is 1. The standard InChI is InChI=1S/C12H16O3/c1-2-14-10-6-9(7-10)8-11(13)12-4-3-5-15-12/h3-5,9-10H,2,6-8H2,1H3. The first-order valence-electron chi connectivity index (χ1n) is 5.48. The molecule has 15 heavy (non-hydrogen) atoms. The second kappa shape index (κ2) is 4.62. The molecule has 3 heteroatoms. The molecule has 0 amide bonds. The van der Waals surface area contributed by atoms with Crippen molar-refractivity contribution < 1.29 is 13.9 Å². The van der Waals surface area contributed by atoms with Crippen LogP contribution in [0.3, 0.4) is 0 Å². The lowest BCUT2D eigenvalue weighted by atomic mass is 9.79. The van der Waals surface area contributed by atoms with Crippen LogP contribution in [-0.2, 0) is 4.74 Å². The quantitative estimate of drug-likeness (QED) is 0.698. The molecule has 0 bridgehead atoms. The van der Waals surface area contributed by atoms with Crippen molar-refractivity contribution in [2.75, 3.05) is 6.61 Å². The van der Waals surface area contributed by atoms with Crippen LogP contribution in [0.15, 0.2) is 22.8 Å². The van der Waals surface area contributed by atoms with Gasteiger partial charge in [-0.05, 0) is 37.8 Å². The maximum atomic E-state index is 11.6. The third-order valence-electron chi connectivity index (χ3n) is 2.86. The number of carbonyl (C=O) groups is 1. The van der Waals surface area contributed by atoms with Gasteiger partial charge in [-0.2, -0.15) is 0 Å². The van der Waals surface area contributed by atoms with Crippen LogP contribution in [0, 0.1) is 5.92 Å². The first kappa shape index (κ1) is 10.4. The van der Waals surface area contributed by atoms with Crippen LogP contribution >= 0.6 is 0 Å². The second-order valence-corrected chi connectivity index (χ2v) is 4.02. The van der Waals surface area contributed by atoms with Crippen LogP contribution in [0.2, 0.25) is 0 Å². The SMILES string of the molecule is CCOC1CC(CC(=O)c2ccco2)C1. The molecule has 3 nitrogen and oxygen atoms in total. The molecule has 0 radical (unpaired) electrons. The van der Waals surface area contributed by atoms with E-state index in [-0.39, 0.29) is 5.78 Å². The largest absolute Gasteiger partial charge is 0.461 e. The topological polar surface area (TPSA) is 39.4 Å². The molecule has 82 valence electrons. The fraction of sp³-hybridized carbons (Fsp3) is 0.583. The zero-order chi connectivity index (χ0) is 10.7. The zero-order valence-corrected chi connectivity index (χ0v) is 8.94. The molecule has 1 aromatic heterocycles. The zero-order valence-electron chi connectivity index (χ0n) is 8.94. The van der Waals surface area contributed by atoms with Gasteiger partial charge < -0.3 is 9.15 Å². The van der Waals surface area contributed by atoms with Gasteiger partial charge in [-0.15, -0.1) is 0 Å². The van der Waals surface area contributed by atoms with Crippen LogP contribution in [-0.4, -0.2) is 18.5 Å². The molecule has 2 rings (SSSR count). The van der Waals surface area contributed by atoms with Crippen molar-refractivity contribution in [3.63, 3.8) is 0 Å². The lowest BCUT2D eigenvalue weighted by Crippen LogP contribution is -2.32. The minimum Gasteiger partial charge on any atom is -0.461 e. The van der Waals surface area contributed by atoms with E-state index in [1.807, 2.05) is 6.92 Å². The van der Waals surface area contributed by atoms with Gasteiger partial charge in [0.2, 0.25) is 0 Å². The molecule has 0 aromatic carbocycles. The fourth-order valence-electron chi connectivity index (χ4n) is 2.01. The summed E-state index contributed by atoms with van der Waals surface area (Å²) in [6, 6.07) is 3.47. The molecule has 1 fully saturated rings. The van der Waals surface area contributed by atoms with Crippen LogP contribution in [0.1, 0.15) is 36.7 Å². The Balaban J connectivity index is 1.74. The summed E-state index contributed by atoms with van der Waals surface area (Å²) in [6.07, 6.45) is 4.54. The van der Waals surface area contributed by atoms with Crippen LogP contribution in [0.25, 0.3) is 0 Å². The average molecular weight is 208 g/mol. The second-order valence-electron chi connectivity index (χ2n) is 4.02. The van der Waals surface area contributed by atoms with Gasteiger partial charge in [0.15, 0.2) is 11.5 Å². The highest BCUT2D eigenvalue weighted by Crippen LogP contribution is 2.33. The Bertz CT molecular complexity index is 310. The minimum atomic E-state index is 0.111. The predicted octanol–water partition coefficient (Wildman–Crippen LogP) is 2.67. The van der Waals surface area contributed by atoms with E-state index in [4.69, 9.17) is 9.15 Å². The molecule has 0 spiro atoms. The van der Waals surface area contributed by atoms with E-state index < -0.39 is 0 Å². The number of hydrogen-bond acceptors (Lipinski definition) is 3.